The molecule has 0 aromatic heterocycles. The molecule has 116 valence electrons. The quantitative estimate of drug-likeness (QED) is 0.570. The monoisotopic (exact) mass is 299 g/mol. The van der Waals surface area contributed by atoms with Gasteiger partial charge < -0.3 is 19.5 Å². The van der Waals surface area contributed by atoms with E-state index in [1.807, 2.05) is 0 Å². The summed E-state index contributed by atoms with van der Waals surface area (Å²) in [6.07, 6.45) is -0.901. The maximum absolute atomic E-state index is 12.7. The molecule has 6 nitrogen and oxygen atoms in total. The Bertz CT molecular complexity index is 463. The fourth-order valence-corrected chi connectivity index (χ4v) is 1.36. The summed E-state index contributed by atoms with van der Waals surface area (Å²) < 4.78 is 27.6. The second-order valence-corrected chi connectivity index (χ2v) is 4.16. The zero-order chi connectivity index (χ0) is 15.7. The molecule has 7 heteroatoms. The number of amides is 1. The second-order valence-electron chi connectivity index (χ2n) is 4.16. The van der Waals surface area contributed by atoms with E-state index in [4.69, 9.17) is 14.2 Å². The molecule has 1 rings (SSSR count). The number of ether oxygens (including phenoxy) is 3. The Balaban J connectivity index is 2.30. The lowest BCUT2D eigenvalue weighted by molar-refractivity contribution is -0.154. The number of nitrogens with one attached hydrogen (secondary N) is 1. The number of hydrogen-bond acceptors (Lipinski definition) is 5. The largest absolute Gasteiger partial charge is 0.479 e. The number of halogens is 1. The number of hydrogen-bond donors (Lipinski definition) is 1. The first-order chi connectivity index (χ1) is 10.0. The average Bonchev–Trinajstić information content (AvgIpc) is 2.47. The normalized spacial score (nSPS) is 11.6. The Labute approximate surface area is 122 Å². The van der Waals surface area contributed by atoms with Crippen LogP contribution in [0.3, 0.4) is 0 Å². The summed E-state index contributed by atoms with van der Waals surface area (Å²) in [6, 6.07) is 5.24. The van der Waals surface area contributed by atoms with Crippen molar-refractivity contribution in [2.75, 3.05) is 26.9 Å². The van der Waals surface area contributed by atoms with Gasteiger partial charge >= 0.3 is 5.97 Å². The Morgan fingerprint density at radius 1 is 1.29 bits per heavy atom. The molecule has 0 aliphatic rings. The van der Waals surface area contributed by atoms with Crippen LogP contribution in [0.4, 0.5) is 4.39 Å². The van der Waals surface area contributed by atoms with Crippen LogP contribution >= 0.6 is 0 Å². The molecule has 0 bridgehead atoms. The molecule has 0 heterocycles. The van der Waals surface area contributed by atoms with Crippen molar-refractivity contribution in [2.24, 2.45) is 0 Å². The van der Waals surface area contributed by atoms with Gasteiger partial charge in [-0.3, -0.25) is 4.79 Å². The van der Waals surface area contributed by atoms with Crippen molar-refractivity contribution in [1.82, 2.24) is 5.32 Å². The Morgan fingerprint density at radius 3 is 2.57 bits per heavy atom. The molecule has 1 aromatic rings. The van der Waals surface area contributed by atoms with E-state index in [0.717, 1.165) is 0 Å². The van der Waals surface area contributed by atoms with Gasteiger partial charge in [0.25, 0.3) is 5.91 Å². The maximum Gasteiger partial charge on any atom is 0.347 e. The first kappa shape index (κ1) is 16.9. The van der Waals surface area contributed by atoms with E-state index in [1.54, 1.807) is 0 Å². The highest BCUT2D eigenvalue weighted by atomic mass is 19.1. The molecule has 21 heavy (non-hydrogen) atoms. The van der Waals surface area contributed by atoms with Gasteiger partial charge in [0.1, 0.15) is 11.6 Å². The number of rotatable bonds is 8. The highest BCUT2D eigenvalue weighted by molar-refractivity contribution is 5.81. The fourth-order valence-electron chi connectivity index (χ4n) is 1.36. The van der Waals surface area contributed by atoms with Crippen molar-refractivity contribution in [2.45, 2.75) is 13.0 Å². The number of carbonyl (C=O) groups is 2. The van der Waals surface area contributed by atoms with Crippen molar-refractivity contribution in [3.8, 4) is 5.75 Å². The Morgan fingerprint density at radius 2 is 1.95 bits per heavy atom. The molecule has 0 radical (unpaired) electrons. The van der Waals surface area contributed by atoms with E-state index in [1.165, 1.54) is 38.3 Å². The first-order valence-corrected chi connectivity index (χ1v) is 6.37. The molecular weight excluding hydrogens is 281 g/mol. The van der Waals surface area contributed by atoms with Gasteiger partial charge in [0.15, 0.2) is 12.7 Å². The molecule has 0 saturated carbocycles. The van der Waals surface area contributed by atoms with Crippen LogP contribution < -0.4 is 10.1 Å². The van der Waals surface area contributed by atoms with Crippen molar-refractivity contribution in [3.63, 3.8) is 0 Å². The summed E-state index contributed by atoms with van der Waals surface area (Å²) in [7, 11) is 1.51. The van der Waals surface area contributed by atoms with Crippen LogP contribution in [0, 0.1) is 5.82 Å². The highest BCUT2D eigenvalue weighted by Crippen LogP contribution is 2.13. The molecule has 0 spiro atoms. The minimum Gasteiger partial charge on any atom is -0.479 e. The third-order valence-corrected chi connectivity index (χ3v) is 2.43. The summed E-state index contributed by atoms with van der Waals surface area (Å²) in [5, 5.41) is 2.51. The van der Waals surface area contributed by atoms with Gasteiger partial charge in [-0.15, -0.1) is 0 Å². The van der Waals surface area contributed by atoms with E-state index in [2.05, 4.69) is 5.32 Å². The topological polar surface area (TPSA) is 73.9 Å². The molecular formula is C14H18FNO5. The molecule has 1 aromatic carbocycles. The summed E-state index contributed by atoms with van der Waals surface area (Å²) in [5.41, 5.74) is 0. The van der Waals surface area contributed by atoms with Gasteiger partial charge in [0.2, 0.25) is 0 Å². The maximum atomic E-state index is 12.7. The molecule has 1 amide bonds. The minimum absolute atomic E-state index is 0.338. The SMILES string of the molecule is COCCNC(=O)COC(=O)[C@H](C)Oc1ccc(F)cc1. The van der Waals surface area contributed by atoms with E-state index in [9.17, 15) is 14.0 Å². The lowest BCUT2D eigenvalue weighted by Gasteiger charge is -2.13. The predicted molar refractivity (Wildman–Crippen MR) is 72.3 cm³/mol. The van der Waals surface area contributed by atoms with E-state index in [0.29, 0.717) is 18.9 Å². The van der Waals surface area contributed by atoms with Crippen molar-refractivity contribution in [1.29, 1.82) is 0 Å². The van der Waals surface area contributed by atoms with Crippen LogP contribution in [0.15, 0.2) is 24.3 Å². The summed E-state index contributed by atoms with van der Waals surface area (Å²) in [5.74, 6) is -1.16. The molecule has 0 fully saturated rings. The third kappa shape index (κ3) is 6.71. The fraction of sp³-hybridized carbons (Fsp3) is 0.429. The zero-order valence-corrected chi connectivity index (χ0v) is 11.9. The van der Waals surface area contributed by atoms with Gasteiger partial charge in [-0.1, -0.05) is 0 Å². The van der Waals surface area contributed by atoms with Gasteiger partial charge in [-0.2, -0.15) is 0 Å². The van der Waals surface area contributed by atoms with Crippen molar-refractivity contribution in [3.05, 3.63) is 30.1 Å². The van der Waals surface area contributed by atoms with Gasteiger partial charge in [0, 0.05) is 13.7 Å². The minimum atomic E-state index is -0.901. The van der Waals surface area contributed by atoms with Gasteiger partial charge in [-0.25, -0.2) is 9.18 Å². The molecule has 0 aliphatic carbocycles. The predicted octanol–water partition coefficient (Wildman–Crippen LogP) is 0.899. The van der Waals surface area contributed by atoms with Crippen molar-refractivity contribution < 1.29 is 28.2 Å². The van der Waals surface area contributed by atoms with Crippen molar-refractivity contribution >= 4 is 11.9 Å². The smallest absolute Gasteiger partial charge is 0.347 e. The Hall–Kier alpha value is -2.15. The average molecular weight is 299 g/mol. The summed E-state index contributed by atoms with van der Waals surface area (Å²) in [6.45, 7) is 1.81. The third-order valence-electron chi connectivity index (χ3n) is 2.43. The molecule has 0 saturated heterocycles. The van der Waals surface area contributed by atoms with Crippen LogP contribution in [0.1, 0.15) is 6.92 Å². The number of esters is 1. The number of methoxy groups -OCH3 is 1. The second kappa shape index (κ2) is 8.91. The van der Waals surface area contributed by atoms with E-state index in [-0.39, 0.29) is 6.61 Å². The number of carbonyl (C=O) groups excluding carboxylic acids is 2. The molecule has 1 N–H and O–H groups in total. The standard InChI is InChI=1S/C14H18FNO5/c1-10(21-12-5-3-11(15)4-6-12)14(18)20-9-13(17)16-7-8-19-2/h3-6,10H,7-9H2,1-2H3,(H,16,17)/t10-/m0/s1. The van der Waals surface area contributed by atoms with Crippen LogP contribution in [-0.4, -0.2) is 44.8 Å². The van der Waals surface area contributed by atoms with Crippen LogP contribution in [0.5, 0.6) is 5.75 Å². The van der Waals surface area contributed by atoms with E-state index < -0.39 is 23.8 Å². The lowest BCUT2D eigenvalue weighted by Crippen LogP contribution is -2.34. The lowest BCUT2D eigenvalue weighted by atomic mass is 10.3. The van der Waals surface area contributed by atoms with Crippen LogP contribution in [-0.2, 0) is 19.1 Å². The summed E-state index contributed by atoms with van der Waals surface area (Å²) in [4.78, 5) is 22.9. The molecule has 1 atom stereocenters. The molecule has 0 aliphatic heterocycles. The first-order valence-electron chi connectivity index (χ1n) is 6.37. The van der Waals surface area contributed by atoms with E-state index >= 15 is 0 Å². The van der Waals surface area contributed by atoms with Gasteiger partial charge in [-0.05, 0) is 31.2 Å². The zero-order valence-electron chi connectivity index (χ0n) is 11.9. The molecule has 0 unspecified atom stereocenters. The van der Waals surface area contributed by atoms with Crippen LogP contribution in [0.2, 0.25) is 0 Å². The highest BCUT2D eigenvalue weighted by Gasteiger charge is 2.17. The Kier molecular flexibility index (Phi) is 7.17. The van der Waals surface area contributed by atoms with Crippen LogP contribution in [0.25, 0.3) is 0 Å². The van der Waals surface area contributed by atoms with Gasteiger partial charge in [0.05, 0.1) is 6.61 Å². The number of benzene rings is 1. The summed E-state index contributed by atoms with van der Waals surface area (Å²) >= 11 is 0.